The summed E-state index contributed by atoms with van der Waals surface area (Å²) in [4.78, 5) is 17.9. The van der Waals surface area contributed by atoms with Gasteiger partial charge >= 0.3 is 0 Å². The Bertz CT molecular complexity index is 883. The van der Waals surface area contributed by atoms with E-state index in [2.05, 4.69) is 70.0 Å². The van der Waals surface area contributed by atoms with Gasteiger partial charge in [0.2, 0.25) is 5.91 Å². The minimum Gasteiger partial charge on any atom is -0.351 e. The highest BCUT2D eigenvalue weighted by Crippen LogP contribution is 2.42. The minimum absolute atomic E-state index is 0.121. The summed E-state index contributed by atoms with van der Waals surface area (Å²) in [5.41, 5.74) is 4.16. The van der Waals surface area contributed by atoms with Gasteiger partial charge in [-0.3, -0.25) is 9.78 Å². The lowest BCUT2D eigenvalue weighted by Crippen LogP contribution is -2.29. The molecule has 2 unspecified atom stereocenters. The number of benzene rings is 1. The summed E-state index contributed by atoms with van der Waals surface area (Å²) in [6.45, 7) is 14.4. The lowest BCUT2D eigenvalue weighted by Gasteiger charge is -2.32. The molecule has 0 bridgehead atoms. The third kappa shape index (κ3) is 8.06. The van der Waals surface area contributed by atoms with Crippen LogP contribution < -0.4 is 5.32 Å². The Kier molecular flexibility index (Phi) is 8.96. The standard InChI is InChI=1S/C28H40N2OS2/c1-27(2,3)21-15-22(28(4,5)6)17-23(16-21)33-25-10-8-7-9-24(25)32-19-26(31)30-18-20-11-13-29-14-12-20/h11-17,24-25H,7-10,18-19H2,1-6H3,(H,30,31). The molecule has 1 aliphatic rings. The summed E-state index contributed by atoms with van der Waals surface area (Å²) < 4.78 is 0. The second-order valence-electron chi connectivity index (χ2n) is 11.2. The summed E-state index contributed by atoms with van der Waals surface area (Å²) in [5.74, 6) is 0.651. The second kappa shape index (κ2) is 11.3. The maximum Gasteiger partial charge on any atom is 0.230 e. The molecule has 0 aliphatic heterocycles. The van der Waals surface area contributed by atoms with Gasteiger partial charge in [0.1, 0.15) is 0 Å². The number of carbonyl (C=O) groups is 1. The van der Waals surface area contributed by atoms with Crippen LogP contribution in [0.3, 0.4) is 0 Å². The van der Waals surface area contributed by atoms with E-state index in [1.165, 1.54) is 41.7 Å². The first-order valence-electron chi connectivity index (χ1n) is 12.1. The number of aromatic nitrogens is 1. The Labute approximate surface area is 209 Å². The minimum atomic E-state index is 0.121. The van der Waals surface area contributed by atoms with E-state index < -0.39 is 0 Å². The van der Waals surface area contributed by atoms with E-state index in [-0.39, 0.29) is 16.7 Å². The van der Waals surface area contributed by atoms with Crippen molar-refractivity contribution in [3.8, 4) is 0 Å². The fraction of sp³-hybridized carbons (Fsp3) is 0.571. The molecular weight excluding hydrogens is 444 g/mol. The van der Waals surface area contributed by atoms with Crippen LogP contribution in [0.25, 0.3) is 0 Å². The van der Waals surface area contributed by atoms with E-state index in [9.17, 15) is 4.79 Å². The number of hydrogen-bond acceptors (Lipinski definition) is 4. The highest BCUT2D eigenvalue weighted by Gasteiger charge is 2.28. The quantitative estimate of drug-likeness (QED) is 0.454. The lowest BCUT2D eigenvalue weighted by molar-refractivity contribution is -0.118. The topological polar surface area (TPSA) is 42.0 Å². The van der Waals surface area contributed by atoms with Crippen molar-refractivity contribution in [2.75, 3.05) is 5.75 Å². The predicted octanol–water partition coefficient (Wildman–Crippen LogP) is 7.13. The van der Waals surface area contributed by atoms with Crippen LogP contribution in [0.2, 0.25) is 0 Å². The monoisotopic (exact) mass is 484 g/mol. The third-order valence-electron chi connectivity index (χ3n) is 6.24. The highest BCUT2D eigenvalue weighted by atomic mass is 32.2. The Balaban J connectivity index is 1.64. The third-order valence-corrected chi connectivity index (χ3v) is 9.20. The van der Waals surface area contributed by atoms with Crippen molar-refractivity contribution in [3.05, 3.63) is 59.4 Å². The van der Waals surface area contributed by atoms with Gasteiger partial charge in [-0.05, 0) is 64.6 Å². The molecule has 3 nitrogen and oxygen atoms in total. The summed E-state index contributed by atoms with van der Waals surface area (Å²) in [6.07, 6.45) is 8.51. The molecule has 1 amide bonds. The molecule has 3 rings (SSSR count). The SMILES string of the molecule is CC(C)(C)c1cc(SC2CCCCC2SCC(=O)NCc2ccncc2)cc(C(C)(C)C)c1. The number of pyridine rings is 1. The molecule has 1 aromatic heterocycles. The molecule has 1 saturated carbocycles. The van der Waals surface area contributed by atoms with Crippen molar-refractivity contribution in [2.24, 2.45) is 0 Å². The van der Waals surface area contributed by atoms with Crippen LogP contribution in [0.4, 0.5) is 0 Å². The molecule has 2 atom stereocenters. The normalized spacial score (nSPS) is 19.3. The Morgan fingerprint density at radius 3 is 2.09 bits per heavy atom. The van der Waals surface area contributed by atoms with Crippen LogP contribution in [0.5, 0.6) is 0 Å². The van der Waals surface area contributed by atoms with Gasteiger partial charge in [-0.15, -0.1) is 23.5 Å². The van der Waals surface area contributed by atoms with Crippen molar-refractivity contribution >= 4 is 29.4 Å². The van der Waals surface area contributed by atoms with Gasteiger partial charge in [0.15, 0.2) is 0 Å². The smallest absolute Gasteiger partial charge is 0.230 e. The fourth-order valence-electron chi connectivity index (χ4n) is 4.03. The molecule has 1 fully saturated rings. The number of thioether (sulfide) groups is 2. The number of nitrogens with one attached hydrogen (secondary N) is 1. The molecule has 2 aromatic rings. The fourth-order valence-corrected chi connectivity index (χ4v) is 6.90. The zero-order chi connectivity index (χ0) is 24.1. The lowest BCUT2D eigenvalue weighted by atomic mass is 9.81. The second-order valence-corrected chi connectivity index (χ2v) is 13.7. The van der Waals surface area contributed by atoms with E-state index in [4.69, 9.17) is 0 Å². The number of rotatable bonds is 7. The summed E-state index contributed by atoms with van der Waals surface area (Å²) in [7, 11) is 0. The molecular formula is C28H40N2OS2. The molecule has 5 heteroatoms. The first-order valence-corrected chi connectivity index (χ1v) is 14.0. The summed E-state index contributed by atoms with van der Waals surface area (Å²) >= 11 is 3.88. The van der Waals surface area contributed by atoms with Gasteiger partial charge in [0.05, 0.1) is 5.75 Å². The number of hydrogen-bond donors (Lipinski definition) is 1. The van der Waals surface area contributed by atoms with Gasteiger partial charge < -0.3 is 5.32 Å². The average Bonchev–Trinajstić information content (AvgIpc) is 2.76. The first-order chi connectivity index (χ1) is 15.5. The maximum atomic E-state index is 12.5. The van der Waals surface area contributed by atoms with Crippen LogP contribution in [-0.4, -0.2) is 27.1 Å². The van der Waals surface area contributed by atoms with Crippen LogP contribution in [0.1, 0.15) is 83.9 Å². The molecule has 33 heavy (non-hydrogen) atoms. The first kappa shape index (κ1) is 26.2. The van der Waals surface area contributed by atoms with Crippen LogP contribution >= 0.6 is 23.5 Å². The van der Waals surface area contributed by atoms with Gasteiger partial charge in [-0.25, -0.2) is 0 Å². The zero-order valence-corrected chi connectivity index (χ0v) is 22.7. The van der Waals surface area contributed by atoms with Crippen LogP contribution in [0.15, 0.2) is 47.6 Å². The number of nitrogens with zero attached hydrogens (tertiary/aromatic N) is 1. The molecule has 180 valence electrons. The van der Waals surface area contributed by atoms with Crippen LogP contribution in [0, 0.1) is 0 Å². The highest BCUT2D eigenvalue weighted by molar-refractivity contribution is 8.04. The van der Waals surface area contributed by atoms with Crippen molar-refractivity contribution in [1.29, 1.82) is 0 Å². The number of carbonyl (C=O) groups excluding carboxylic acids is 1. The predicted molar refractivity (Wildman–Crippen MR) is 144 cm³/mol. The van der Waals surface area contributed by atoms with Crippen molar-refractivity contribution in [2.45, 2.75) is 100.0 Å². The molecule has 1 N–H and O–H groups in total. The van der Waals surface area contributed by atoms with Gasteiger partial charge in [-0.1, -0.05) is 60.5 Å². The Morgan fingerprint density at radius 2 is 1.52 bits per heavy atom. The molecule has 1 aliphatic carbocycles. The van der Waals surface area contributed by atoms with Crippen molar-refractivity contribution < 1.29 is 4.79 Å². The van der Waals surface area contributed by atoms with Gasteiger partial charge in [0, 0.05) is 34.3 Å². The molecule has 0 spiro atoms. The van der Waals surface area contributed by atoms with Gasteiger partial charge in [0.25, 0.3) is 0 Å². The molecule has 1 heterocycles. The Hall–Kier alpha value is -1.46. The van der Waals surface area contributed by atoms with E-state index >= 15 is 0 Å². The molecule has 1 aromatic carbocycles. The summed E-state index contributed by atoms with van der Waals surface area (Å²) in [6, 6.07) is 11.1. The van der Waals surface area contributed by atoms with Gasteiger partial charge in [-0.2, -0.15) is 0 Å². The van der Waals surface area contributed by atoms with E-state index in [1.807, 2.05) is 35.7 Å². The molecule has 0 radical (unpaired) electrons. The summed E-state index contributed by atoms with van der Waals surface area (Å²) in [5, 5.41) is 4.13. The zero-order valence-electron chi connectivity index (χ0n) is 21.1. The van der Waals surface area contributed by atoms with E-state index in [1.54, 1.807) is 12.4 Å². The number of amides is 1. The van der Waals surface area contributed by atoms with E-state index in [0.717, 1.165) is 5.56 Å². The van der Waals surface area contributed by atoms with Crippen LogP contribution in [-0.2, 0) is 22.2 Å². The molecule has 0 saturated heterocycles. The van der Waals surface area contributed by atoms with E-state index in [0.29, 0.717) is 22.8 Å². The largest absolute Gasteiger partial charge is 0.351 e. The maximum absolute atomic E-state index is 12.5. The van der Waals surface area contributed by atoms with Crippen molar-refractivity contribution in [3.63, 3.8) is 0 Å². The van der Waals surface area contributed by atoms with Crippen molar-refractivity contribution in [1.82, 2.24) is 10.3 Å². The Morgan fingerprint density at radius 1 is 0.939 bits per heavy atom. The average molecular weight is 485 g/mol.